The number of guanidine groups is 1. The zero-order valence-corrected chi connectivity index (χ0v) is 15.6. The first-order valence-corrected chi connectivity index (χ1v) is 9.12. The highest BCUT2D eigenvalue weighted by Gasteiger charge is 2.28. The molecular formula is C18H33N5O. The van der Waals surface area contributed by atoms with E-state index in [-0.39, 0.29) is 0 Å². The van der Waals surface area contributed by atoms with Gasteiger partial charge < -0.3 is 19.5 Å². The molecule has 1 saturated heterocycles. The zero-order chi connectivity index (χ0) is 17.4. The predicted octanol–water partition coefficient (Wildman–Crippen LogP) is 2.40. The van der Waals surface area contributed by atoms with Crippen LogP contribution >= 0.6 is 0 Å². The fourth-order valence-corrected chi connectivity index (χ4v) is 3.08. The van der Waals surface area contributed by atoms with E-state index in [2.05, 4.69) is 51.7 Å². The van der Waals surface area contributed by atoms with Gasteiger partial charge >= 0.3 is 0 Å². The first-order chi connectivity index (χ1) is 11.6. The quantitative estimate of drug-likeness (QED) is 0.472. The van der Waals surface area contributed by atoms with Crippen LogP contribution in [-0.4, -0.2) is 60.3 Å². The zero-order valence-electron chi connectivity index (χ0n) is 15.6. The summed E-state index contributed by atoms with van der Waals surface area (Å²) in [5, 5.41) is 3.43. The molecule has 1 N–H and O–H groups in total. The van der Waals surface area contributed by atoms with E-state index in [0.717, 1.165) is 51.6 Å². The molecule has 6 nitrogen and oxygen atoms in total. The summed E-state index contributed by atoms with van der Waals surface area (Å²) in [7, 11) is 1.85. The Balaban J connectivity index is 1.78. The lowest BCUT2D eigenvalue weighted by Gasteiger charge is -2.39. The molecule has 0 radical (unpaired) electrons. The fraction of sp³-hybridized carbons (Fsp3) is 0.778. The molecule has 0 amide bonds. The van der Waals surface area contributed by atoms with Crippen molar-refractivity contribution >= 4 is 5.96 Å². The Kier molecular flexibility index (Phi) is 7.56. The van der Waals surface area contributed by atoms with Gasteiger partial charge in [-0.3, -0.25) is 4.99 Å². The summed E-state index contributed by atoms with van der Waals surface area (Å²) in [5.41, 5.74) is 0. The van der Waals surface area contributed by atoms with Crippen LogP contribution < -0.4 is 5.32 Å². The van der Waals surface area contributed by atoms with Crippen LogP contribution in [0, 0.1) is 11.8 Å². The lowest BCUT2D eigenvalue weighted by Crippen LogP contribution is -2.49. The van der Waals surface area contributed by atoms with Crippen molar-refractivity contribution in [3.63, 3.8) is 0 Å². The van der Waals surface area contributed by atoms with Crippen molar-refractivity contribution in [2.24, 2.45) is 16.8 Å². The van der Waals surface area contributed by atoms with Gasteiger partial charge in [-0.15, -0.1) is 0 Å². The number of aliphatic imine (C=N–C) groups is 1. The van der Waals surface area contributed by atoms with Gasteiger partial charge in [-0.2, -0.15) is 0 Å². The third kappa shape index (κ3) is 5.51. The molecule has 0 aromatic carbocycles. The molecule has 0 bridgehead atoms. The van der Waals surface area contributed by atoms with E-state index in [1.165, 1.54) is 0 Å². The molecule has 136 valence electrons. The summed E-state index contributed by atoms with van der Waals surface area (Å²) in [6.45, 7) is 11.1. The molecule has 24 heavy (non-hydrogen) atoms. The van der Waals surface area contributed by atoms with E-state index >= 15 is 0 Å². The van der Waals surface area contributed by atoms with E-state index in [0.29, 0.717) is 17.9 Å². The van der Waals surface area contributed by atoms with E-state index < -0.39 is 0 Å². The third-order valence-electron chi connectivity index (χ3n) is 4.71. The number of hydrogen-bond donors (Lipinski definition) is 1. The standard InChI is InChI=1S/C18H33N5O/c1-15(2)6-11-24-12-8-21-18(19-4)22-9-5-16(3)17(13-22)23-10-7-20-14-23/h7,10,14-17H,5-6,8-9,11-13H2,1-4H3,(H,19,21). The molecule has 2 atom stereocenters. The average molecular weight is 335 g/mol. The summed E-state index contributed by atoms with van der Waals surface area (Å²) in [6, 6.07) is 0.446. The minimum absolute atomic E-state index is 0.446. The normalized spacial score (nSPS) is 22.2. The van der Waals surface area contributed by atoms with E-state index in [4.69, 9.17) is 4.74 Å². The number of ether oxygens (including phenoxy) is 1. The van der Waals surface area contributed by atoms with Crippen LogP contribution in [0.3, 0.4) is 0 Å². The van der Waals surface area contributed by atoms with Gasteiger partial charge in [-0.1, -0.05) is 20.8 Å². The Morgan fingerprint density at radius 2 is 2.25 bits per heavy atom. The molecule has 1 aromatic rings. The molecule has 2 unspecified atom stereocenters. The van der Waals surface area contributed by atoms with Gasteiger partial charge in [0.2, 0.25) is 0 Å². The lowest BCUT2D eigenvalue weighted by molar-refractivity contribution is 0.126. The van der Waals surface area contributed by atoms with Crippen molar-refractivity contribution in [1.29, 1.82) is 0 Å². The van der Waals surface area contributed by atoms with Crippen LogP contribution in [0.2, 0.25) is 0 Å². The number of nitrogens with one attached hydrogen (secondary N) is 1. The van der Waals surface area contributed by atoms with Crippen molar-refractivity contribution in [3.8, 4) is 0 Å². The van der Waals surface area contributed by atoms with Gasteiger partial charge in [0.15, 0.2) is 5.96 Å². The van der Waals surface area contributed by atoms with Crippen molar-refractivity contribution < 1.29 is 4.74 Å². The summed E-state index contributed by atoms with van der Waals surface area (Å²) in [6.07, 6.45) is 8.11. The molecule has 1 aliphatic rings. The van der Waals surface area contributed by atoms with Crippen LogP contribution in [-0.2, 0) is 4.74 Å². The summed E-state index contributed by atoms with van der Waals surface area (Å²) < 4.78 is 7.90. The van der Waals surface area contributed by atoms with Gasteiger partial charge in [0, 0.05) is 45.7 Å². The SMILES string of the molecule is CN=C(NCCOCCC(C)C)N1CCC(C)C(n2ccnc2)C1. The number of hydrogen-bond acceptors (Lipinski definition) is 3. The average Bonchev–Trinajstić information content (AvgIpc) is 3.09. The number of likely N-dealkylation sites (tertiary alicyclic amines) is 1. The minimum Gasteiger partial charge on any atom is -0.380 e. The summed E-state index contributed by atoms with van der Waals surface area (Å²) in [4.78, 5) is 11.0. The smallest absolute Gasteiger partial charge is 0.193 e. The molecule has 0 spiro atoms. The fourth-order valence-electron chi connectivity index (χ4n) is 3.08. The summed E-state index contributed by atoms with van der Waals surface area (Å²) in [5.74, 6) is 2.31. The van der Waals surface area contributed by atoms with Crippen LogP contribution in [0.5, 0.6) is 0 Å². The second-order valence-electron chi connectivity index (χ2n) is 7.06. The topological polar surface area (TPSA) is 54.7 Å². The van der Waals surface area contributed by atoms with E-state index in [9.17, 15) is 0 Å². The van der Waals surface area contributed by atoms with Gasteiger partial charge in [-0.25, -0.2) is 4.98 Å². The highest BCUT2D eigenvalue weighted by Crippen LogP contribution is 2.27. The molecule has 1 aromatic heterocycles. The Morgan fingerprint density at radius 1 is 1.42 bits per heavy atom. The highest BCUT2D eigenvalue weighted by atomic mass is 16.5. The number of imidazole rings is 1. The summed E-state index contributed by atoms with van der Waals surface area (Å²) >= 11 is 0. The second kappa shape index (κ2) is 9.67. The maximum atomic E-state index is 5.68. The largest absolute Gasteiger partial charge is 0.380 e. The van der Waals surface area contributed by atoms with Gasteiger partial charge in [0.1, 0.15) is 0 Å². The monoisotopic (exact) mass is 335 g/mol. The number of aromatic nitrogens is 2. The van der Waals surface area contributed by atoms with Crippen molar-refractivity contribution in [2.75, 3.05) is 39.9 Å². The molecular weight excluding hydrogens is 302 g/mol. The van der Waals surface area contributed by atoms with Crippen molar-refractivity contribution in [2.45, 2.75) is 39.7 Å². The van der Waals surface area contributed by atoms with Crippen LogP contribution in [0.15, 0.2) is 23.7 Å². The Hall–Kier alpha value is -1.56. The van der Waals surface area contributed by atoms with Gasteiger partial charge in [-0.05, 0) is 24.7 Å². The molecule has 6 heteroatoms. The molecule has 2 rings (SSSR count). The number of nitrogens with zero attached hydrogens (tertiary/aromatic N) is 4. The third-order valence-corrected chi connectivity index (χ3v) is 4.71. The Labute approximate surface area is 146 Å². The minimum atomic E-state index is 0.446. The molecule has 0 aliphatic carbocycles. The van der Waals surface area contributed by atoms with Gasteiger partial charge in [0.05, 0.1) is 19.0 Å². The Morgan fingerprint density at radius 3 is 2.92 bits per heavy atom. The van der Waals surface area contributed by atoms with Gasteiger partial charge in [0.25, 0.3) is 0 Å². The van der Waals surface area contributed by atoms with Crippen LogP contribution in [0.4, 0.5) is 0 Å². The number of rotatable bonds is 7. The predicted molar refractivity (Wildman–Crippen MR) is 98.3 cm³/mol. The molecule has 0 saturated carbocycles. The van der Waals surface area contributed by atoms with E-state index in [1.54, 1.807) is 0 Å². The maximum Gasteiger partial charge on any atom is 0.193 e. The van der Waals surface area contributed by atoms with Crippen LogP contribution in [0.25, 0.3) is 0 Å². The first-order valence-electron chi connectivity index (χ1n) is 9.12. The first kappa shape index (κ1) is 18.8. The molecule has 2 heterocycles. The van der Waals surface area contributed by atoms with E-state index in [1.807, 2.05) is 19.6 Å². The van der Waals surface area contributed by atoms with Crippen LogP contribution in [0.1, 0.15) is 39.7 Å². The molecule has 1 fully saturated rings. The number of piperidine rings is 1. The maximum absolute atomic E-state index is 5.68. The molecule has 1 aliphatic heterocycles. The lowest BCUT2D eigenvalue weighted by atomic mass is 9.93. The Bertz CT molecular complexity index is 486. The van der Waals surface area contributed by atoms with Crippen molar-refractivity contribution in [3.05, 3.63) is 18.7 Å². The highest BCUT2D eigenvalue weighted by molar-refractivity contribution is 5.80. The second-order valence-corrected chi connectivity index (χ2v) is 7.06. The van der Waals surface area contributed by atoms with Crippen molar-refractivity contribution in [1.82, 2.24) is 19.8 Å².